The Morgan fingerprint density at radius 2 is 1.94 bits per heavy atom. The van der Waals surface area contributed by atoms with Crippen LogP contribution in [-0.4, -0.2) is 58.6 Å². The zero-order valence-corrected chi connectivity index (χ0v) is 11.0. The summed E-state index contributed by atoms with van der Waals surface area (Å²) >= 11 is 0. The topological polar surface area (TPSA) is 161 Å². The normalized spacial score (nSPS) is 14.4. The van der Waals surface area contributed by atoms with Crippen LogP contribution in [0, 0.1) is 0 Å². The van der Waals surface area contributed by atoms with Gasteiger partial charge >= 0.3 is 5.97 Å². The summed E-state index contributed by atoms with van der Waals surface area (Å²) in [5.74, 6) is -1.04. The lowest BCUT2D eigenvalue weighted by Gasteiger charge is -2.02. The molecule has 0 aliphatic heterocycles. The fourth-order valence-electron chi connectivity index (χ4n) is 0.565. The van der Waals surface area contributed by atoms with E-state index in [1.807, 2.05) is 0 Å². The molecule has 6 N–H and O–H groups in total. The summed E-state index contributed by atoms with van der Waals surface area (Å²) in [7, 11) is -4.75. The van der Waals surface area contributed by atoms with Crippen molar-refractivity contribution in [3.63, 3.8) is 0 Å². The third-order valence-electron chi connectivity index (χ3n) is 1.41. The van der Waals surface area contributed by atoms with Gasteiger partial charge in [-0.15, -0.1) is 0 Å². The zero-order chi connectivity index (χ0) is 14.1. The quantitative estimate of drug-likeness (QED) is 0.408. The molecule has 0 saturated carbocycles. The minimum Gasteiger partial charge on any atom is -0.480 e. The molecule has 2 unspecified atom stereocenters. The molecule has 0 spiro atoms. The molecule has 0 aliphatic carbocycles. The summed E-state index contributed by atoms with van der Waals surface area (Å²) < 4.78 is 37.8. The smallest absolute Gasteiger partial charge is 0.320 e. The summed E-state index contributed by atoms with van der Waals surface area (Å²) in [5, 5.41) is 8.27. The van der Waals surface area contributed by atoms with Crippen molar-refractivity contribution in [3.8, 4) is 0 Å². The van der Waals surface area contributed by atoms with Crippen LogP contribution in [0.25, 0.3) is 0 Å². The Morgan fingerprint density at radius 1 is 1.47 bits per heavy atom. The lowest BCUT2D eigenvalue weighted by Crippen LogP contribution is -2.31. The van der Waals surface area contributed by atoms with Crippen molar-refractivity contribution in [1.29, 1.82) is 0 Å². The molecular formula is C7H18N2O6S2. The molecule has 104 valence electrons. The fourth-order valence-corrected chi connectivity index (χ4v) is 1.45. The number of carboxylic acids is 1. The van der Waals surface area contributed by atoms with Gasteiger partial charge in [-0.1, -0.05) is 0 Å². The molecule has 0 radical (unpaired) electrons. The minimum absolute atomic E-state index is 0.0289. The van der Waals surface area contributed by atoms with Crippen LogP contribution in [0.1, 0.15) is 6.42 Å². The number of carbonyl (C=O) groups is 1. The SMILES string of the molecule is CS(=O)CCC(N)C(=O)O.NCCS(=O)(=O)O. The number of hydrogen-bond donors (Lipinski definition) is 4. The predicted molar refractivity (Wildman–Crippen MR) is 64.6 cm³/mol. The Labute approximate surface area is 103 Å². The predicted octanol–water partition coefficient (Wildman–Crippen LogP) is -2.00. The minimum atomic E-state index is -3.80. The van der Waals surface area contributed by atoms with E-state index in [0.29, 0.717) is 5.75 Å². The highest BCUT2D eigenvalue weighted by Gasteiger charge is 2.10. The highest BCUT2D eigenvalue weighted by molar-refractivity contribution is 7.85. The van der Waals surface area contributed by atoms with Crippen LogP contribution < -0.4 is 11.5 Å². The van der Waals surface area contributed by atoms with E-state index in [1.165, 1.54) is 6.26 Å². The number of nitrogens with two attached hydrogens (primary N) is 2. The van der Waals surface area contributed by atoms with E-state index in [1.54, 1.807) is 0 Å². The number of rotatable bonds is 6. The van der Waals surface area contributed by atoms with E-state index < -0.39 is 32.9 Å². The van der Waals surface area contributed by atoms with Gasteiger partial charge in [0.05, 0.1) is 5.75 Å². The van der Waals surface area contributed by atoms with Gasteiger partial charge in [0.1, 0.15) is 6.04 Å². The van der Waals surface area contributed by atoms with E-state index >= 15 is 0 Å². The van der Waals surface area contributed by atoms with Gasteiger partial charge < -0.3 is 16.6 Å². The van der Waals surface area contributed by atoms with Gasteiger partial charge in [0.15, 0.2) is 0 Å². The fraction of sp³-hybridized carbons (Fsp3) is 0.857. The second kappa shape index (κ2) is 9.48. The average Bonchev–Trinajstić information content (AvgIpc) is 2.12. The van der Waals surface area contributed by atoms with Gasteiger partial charge in [0, 0.05) is 29.4 Å². The highest BCUT2D eigenvalue weighted by atomic mass is 32.2. The number of hydrogen-bond acceptors (Lipinski definition) is 6. The van der Waals surface area contributed by atoms with Gasteiger partial charge in [-0.25, -0.2) is 0 Å². The Morgan fingerprint density at radius 3 is 2.12 bits per heavy atom. The van der Waals surface area contributed by atoms with Crippen LogP contribution in [-0.2, 0) is 25.7 Å². The first-order valence-corrected chi connectivity index (χ1v) is 7.87. The first-order valence-electron chi connectivity index (χ1n) is 4.53. The van der Waals surface area contributed by atoms with Crippen molar-refractivity contribution in [3.05, 3.63) is 0 Å². The highest BCUT2D eigenvalue weighted by Crippen LogP contribution is 1.89. The van der Waals surface area contributed by atoms with Gasteiger partial charge in [-0.3, -0.25) is 13.6 Å². The Bertz CT molecular complexity index is 342. The van der Waals surface area contributed by atoms with E-state index in [-0.39, 0.29) is 18.7 Å². The lowest BCUT2D eigenvalue weighted by atomic mass is 10.2. The molecule has 0 aromatic rings. The first kappa shape index (κ1) is 18.8. The largest absolute Gasteiger partial charge is 0.480 e. The number of aliphatic carboxylic acids is 1. The van der Waals surface area contributed by atoms with Crippen molar-refractivity contribution in [2.45, 2.75) is 12.5 Å². The Hall–Kier alpha value is -0.550. The zero-order valence-electron chi connectivity index (χ0n) is 9.40. The van der Waals surface area contributed by atoms with Crippen LogP contribution in [0.2, 0.25) is 0 Å². The summed E-state index contributed by atoms with van der Waals surface area (Å²) in [6.45, 7) is -0.0289. The van der Waals surface area contributed by atoms with Crippen molar-refractivity contribution in [2.75, 3.05) is 24.3 Å². The van der Waals surface area contributed by atoms with Gasteiger partial charge in [0.2, 0.25) is 0 Å². The Balaban J connectivity index is 0. The van der Waals surface area contributed by atoms with Crippen molar-refractivity contribution >= 4 is 26.9 Å². The molecule has 2 atom stereocenters. The molecule has 0 aromatic carbocycles. The third kappa shape index (κ3) is 18.0. The molecule has 0 aliphatic rings. The summed E-state index contributed by atoms with van der Waals surface area (Å²) in [6, 6.07) is -0.871. The van der Waals surface area contributed by atoms with Crippen molar-refractivity contribution < 1.29 is 27.1 Å². The molecule has 10 heteroatoms. The average molecular weight is 290 g/mol. The molecule has 0 rings (SSSR count). The summed E-state index contributed by atoms with van der Waals surface area (Å²) in [6.07, 6.45) is 1.80. The van der Waals surface area contributed by atoms with Crippen LogP contribution in [0.15, 0.2) is 0 Å². The van der Waals surface area contributed by atoms with Crippen LogP contribution in [0.4, 0.5) is 0 Å². The number of carboxylic acid groups (broad SMARTS) is 1. The van der Waals surface area contributed by atoms with E-state index in [9.17, 15) is 17.4 Å². The van der Waals surface area contributed by atoms with E-state index in [2.05, 4.69) is 0 Å². The first-order chi connectivity index (χ1) is 7.60. The molecule has 0 saturated heterocycles. The van der Waals surface area contributed by atoms with Crippen molar-refractivity contribution in [1.82, 2.24) is 0 Å². The van der Waals surface area contributed by atoms with Crippen LogP contribution in [0.3, 0.4) is 0 Å². The maximum atomic E-state index is 10.4. The lowest BCUT2D eigenvalue weighted by molar-refractivity contribution is -0.138. The monoisotopic (exact) mass is 290 g/mol. The van der Waals surface area contributed by atoms with E-state index in [4.69, 9.17) is 21.1 Å². The molecule has 0 fully saturated rings. The van der Waals surface area contributed by atoms with Crippen molar-refractivity contribution in [2.24, 2.45) is 11.5 Å². The molecule has 8 nitrogen and oxygen atoms in total. The van der Waals surface area contributed by atoms with Crippen LogP contribution in [0.5, 0.6) is 0 Å². The Kier molecular flexibility index (Phi) is 10.5. The van der Waals surface area contributed by atoms with Gasteiger partial charge in [-0.2, -0.15) is 8.42 Å². The molecule has 0 bridgehead atoms. The van der Waals surface area contributed by atoms with Gasteiger partial charge in [0.25, 0.3) is 10.1 Å². The second-order valence-electron chi connectivity index (χ2n) is 3.09. The molecule has 0 aromatic heterocycles. The van der Waals surface area contributed by atoms with Gasteiger partial charge in [-0.05, 0) is 6.42 Å². The summed E-state index contributed by atoms with van der Waals surface area (Å²) in [4.78, 5) is 10.1. The summed E-state index contributed by atoms with van der Waals surface area (Å²) in [5.41, 5.74) is 9.91. The maximum Gasteiger partial charge on any atom is 0.320 e. The standard InChI is InChI=1S/C5H11NO3S.C2H7NO3S/c1-10(9)3-2-4(6)5(7)8;3-1-2-7(4,5)6/h4H,2-3,6H2,1H3,(H,7,8);1-3H2,(H,4,5,6). The molecule has 0 amide bonds. The molecular weight excluding hydrogens is 272 g/mol. The van der Waals surface area contributed by atoms with E-state index in [0.717, 1.165) is 0 Å². The molecule has 0 heterocycles. The maximum absolute atomic E-state index is 10.4. The second-order valence-corrected chi connectivity index (χ2v) is 6.21. The third-order valence-corrected chi connectivity index (χ3v) is 2.97. The van der Waals surface area contributed by atoms with Crippen LogP contribution >= 0.6 is 0 Å². The molecule has 17 heavy (non-hydrogen) atoms.